The molecule has 0 atom stereocenters. The van der Waals surface area contributed by atoms with Crippen molar-refractivity contribution in [3.63, 3.8) is 0 Å². The Morgan fingerprint density at radius 3 is 2.69 bits per heavy atom. The average Bonchev–Trinajstić information content (AvgIpc) is 3.09. The molecule has 3 aromatic rings. The van der Waals surface area contributed by atoms with Gasteiger partial charge in [0.2, 0.25) is 0 Å². The lowest BCUT2D eigenvalue weighted by Crippen LogP contribution is -2.25. The molecule has 0 fully saturated rings. The molecule has 0 aliphatic carbocycles. The van der Waals surface area contributed by atoms with Gasteiger partial charge in [-0.1, -0.05) is 6.07 Å². The molecule has 3 rings (SSSR count). The Hall–Kier alpha value is -3.69. The number of carbonyl (C=O) groups excluding carboxylic acids is 1. The van der Waals surface area contributed by atoms with E-state index in [9.17, 15) is 19.3 Å². The fourth-order valence-corrected chi connectivity index (χ4v) is 2.42. The van der Waals surface area contributed by atoms with Gasteiger partial charge >= 0.3 is 0 Å². The number of nitro benzene ring substituents is 1. The van der Waals surface area contributed by atoms with Gasteiger partial charge in [0.05, 0.1) is 17.2 Å². The number of aromatic nitrogens is 4. The number of carbonyl (C=O) groups is 1. The maximum absolute atomic E-state index is 13.0. The summed E-state index contributed by atoms with van der Waals surface area (Å²) in [5, 5.41) is 24.8. The minimum atomic E-state index is -0.540. The zero-order chi connectivity index (χ0) is 18.7. The Morgan fingerprint density at radius 2 is 2.00 bits per heavy atom. The summed E-state index contributed by atoms with van der Waals surface area (Å²) < 4.78 is 14.4. The number of nitro groups is 1. The van der Waals surface area contributed by atoms with E-state index >= 15 is 0 Å². The van der Waals surface area contributed by atoms with Gasteiger partial charge in [-0.25, -0.2) is 4.39 Å². The molecule has 1 amide bonds. The maximum atomic E-state index is 13.0. The summed E-state index contributed by atoms with van der Waals surface area (Å²) in [5.41, 5.74) is 0.870. The van der Waals surface area contributed by atoms with E-state index in [-0.39, 0.29) is 23.4 Å². The van der Waals surface area contributed by atoms with Crippen molar-refractivity contribution in [3.8, 4) is 5.69 Å². The van der Waals surface area contributed by atoms with Crippen LogP contribution in [0.4, 0.5) is 10.1 Å². The van der Waals surface area contributed by atoms with Gasteiger partial charge in [-0.3, -0.25) is 14.9 Å². The second-order valence-corrected chi connectivity index (χ2v) is 5.37. The Morgan fingerprint density at radius 1 is 1.27 bits per heavy atom. The van der Waals surface area contributed by atoms with Crippen molar-refractivity contribution in [2.24, 2.45) is 0 Å². The highest BCUT2D eigenvalue weighted by Gasteiger charge is 2.18. The quantitative estimate of drug-likeness (QED) is 0.552. The van der Waals surface area contributed by atoms with Crippen LogP contribution in [0.1, 0.15) is 21.7 Å². The Balaban J connectivity index is 1.78. The van der Waals surface area contributed by atoms with E-state index in [1.54, 1.807) is 0 Å². The Kier molecular flexibility index (Phi) is 4.65. The normalized spacial score (nSPS) is 10.5. The van der Waals surface area contributed by atoms with Crippen LogP contribution in [0.2, 0.25) is 0 Å². The fourth-order valence-electron chi connectivity index (χ4n) is 2.42. The predicted octanol–water partition coefficient (Wildman–Crippen LogP) is 1.95. The highest BCUT2D eigenvalue weighted by molar-refractivity contribution is 5.96. The van der Waals surface area contributed by atoms with Crippen LogP contribution >= 0.6 is 0 Å². The molecule has 0 aliphatic heterocycles. The lowest BCUT2D eigenvalue weighted by Gasteiger charge is -2.08. The first-order valence-corrected chi connectivity index (χ1v) is 7.53. The second kappa shape index (κ2) is 7.05. The lowest BCUT2D eigenvalue weighted by molar-refractivity contribution is -0.385. The van der Waals surface area contributed by atoms with E-state index < -0.39 is 16.6 Å². The van der Waals surface area contributed by atoms with E-state index in [4.69, 9.17) is 0 Å². The van der Waals surface area contributed by atoms with Crippen molar-refractivity contribution in [1.29, 1.82) is 0 Å². The van der Waals surface area contributed by atoms with Crippen molar-refractivity contribution in [2.75, 3.05) is 0 Å². The largest absolute Gasteiger partial charge is 0.345 e. The fraction of sp³-hybridized carbons (Fsp3) is 0.125. The zero-order valence-electron chi connectivity index (χ0n) is 13.6. The van der Waals surface area contributed by atoms with E-state index in [0.29, 0.717) is 11.5 Å². The smallest absolute Gasteiger partial charge is 0.273 e. The number of benzene rings is 2. The first-order valence-electron chi connectivity index (χ1n) is 7.53. The summed E-state index contributed by atoms with van der Waals surface area (Å²) in [6.45, 7) is 1.50. The molecule has 0 saturated carbocycles. The molecule has 2 aromatic carbocycles. The maximum Gasteiger partial charge on any atom is 0.273 e. The average molecular weight is 356 g/mol. The topological polar surface area (TPSA) is 116 Å². The van der Waals surface area contributed by atoms with Gasteiger partial charge in [-0.15, -0.1) is 5.10 Å². The van der Waals surface area contributed by atoms with Crippen LogP contribution in [0, 0.1) is 22.9 Å². The summed E-state index contributed by atoms with van der Waals surface area (Å²) in [6, 6.07) is 9.82. The van der Waals surface area contributed by atoms with Gasteiger partial charge < -0.3 is 5.32 Å². The van der Waals surface area contributed by atoms with Gasteiger partial charge in [0.25, 0.3) is 11.6 Å². The SMILES string of the molecule is Cc1c(C(=O)NCc2nnnn2-c2ccc(F)cc2)cccc1[N+](=O)[O-]. The number of hydrogen-bond acceptors (Lipinski definition) is 6. The van der Waals surface area contributed by atoms with Crippen LogP contribution in [0.3, 0.4) is 0 Å². The number of rotatable bonds is 5. The van der Waals surface area contributed by atoms with E-state index in [1.807, 2.05) is 0 Å². The molecule has 0 spiro atoms. The third kappa shape index (κ3) is 3.38. The molecule has 1 aromatic heterocycles. The standard InChI is InChI=1S/C16H13FN6O3/c1-10-13(3-2-4-14(10)23(25)26)16(24)18-9-15-19-20-21-22(15)12-7-5-11(17)6-8-12/h2-8H,9H2,1H3,(H,18,24). The van der Waals surface area contributed by atoms with Crippen LogP contribution in [-0.4, -0.2) is 31.0 Å². The number of halogens is 1. The molecule has 132 valence electrons. The summed E-state index contributed by atoms with van der Waals surface area (Å²) in [5.74, 6) is -0.550. The molecule has 26 heavy (non-hydrogen) atoms. The van der Waals surface area contributed by atoms with Gasteiger partial charge in [0.15, 0.2) is 5.82 Å². The summed E-state index contributed by atoms with van der Waals surface area (Å²) >= 11 is 0. The summed E-state index contributed by atoms with van der Waals surface area (Å²) in [6.07, 6.45) is 0. The van der Waals surface area contributed by atoms with Crippen molar-refractivity contribution in [1.82, 2.24) is 25.5 Å². The number of hydrogen-bond donors (Lipinski definition) is 1. The van der Waals surface area contributed by atoms with Crippen molar-refractivity contribution < 1.29 is 14.1 Å². The Labute approximate surface area is 146 Å². The number of amides is 1. The minimum Gasteiger partial charge on any atom is -0.345 e. The molecule has 0 bridgehead atoms. The molecular formula is C16H13FN6O3. The number of nitrogens with one attached hydrogen (secondary N) is 1. The van der Waals surface area contributed by atoms with Crippen LogP contribution < -0.4 is 5.32 Å². The first kappa shape index (κ1) is 17.1. The molecular weight excluding hydrogens is 343 g/mol. The number of tetrazole rings is 1. The van der Waals surface area contributed by atoms with Crippen LogP contribution in [0.5, 0.6) is 0 Å². The predicted molar refractivity (Wildman–Crippen MR) is 88.1 cm³/mol. The molecule has 0 unspecified atom stereocenters. The van der Waals surface area contributed by atoms with E-state index in [2.05, 4.69) is 20.8 Å². The van der Waals surface area contributed by atoms with Gasteiger partial charge in [-0.2, -0.15) is 4.68 Å². The molecule has 9 nitrogen and oxygen atoms in total. The van der Waals surface area contributed by atoms with Crippen molar-refractivity contribution in [2.45, 2.75) is 13.5 Å². The van der Waals surface area contributed by atoms with Gasteiger partial charge in [0, 0.05) is 17.2 Å². The second-order valence-electron chi connectivity index (χ2n) is 5.37. The van der Waals surface area contributed by atoms with E-state index in [0.717, 1.165) is 0 Å². The van der Waals surface area contributed by atoms with Gasteiger partial charge in [0.1, 0.15) is 5.82 Å². The van der Waals surface area contributed by atoms with Crippen LogP contribution in [-0.2, 0) is 6.54 Å². The first-order chi connectivity index (χ1) is 12.5. The molecule has 0 radical (unpaired) electrons. The van der Waals surface area contributed by atoms with Crippen LogP contribution in [0.25, 0.3) is 5.69 Å². The molecule has 1 N–H and O–H groups in total. The highest BCUT2D eigenvalue weighted by Crippen LogP contribution is 2.21. The molecule has 1 heterocycles. The number of nitrogens with zero attached hydrogens (tertiary/aromatic N) is 5. The van der Waals surface area contributed by atoms with Crippen molar-refractivity contribution in [3.05, 3.63) is 75.3 Å². The van der Waals surface area contributed by atoms with E-state index in [1.165, 1.54) is 54.1 Å². The zero-order valence-corrected chi connectivity index (χ0v) is 13.6. The Bertz CT molecular complexity index is 970. The minimum absolute atomic E-state index is 0.00859. The molecule has 0 aliphatic rings. The third-order valence-corrected chi connectivity index (χ3v) is 3.76. The van der Waals surface area contributed by atoms with Gasteiger partial charge in [-0.05, 0) is 47.7 Å². The summed E-state index contributed by atoms with van der Waals surface area (Å²) in [7, 11) is 0. The lowest BCUT2D eigenvalue weighted by atomic mass is 10.1. The third-order valence-electron chi connectivity index (χ3n) is 3.76. The molecule has 10 heteroatoms. The van der Waals surface area contributed by atoms with Crippen molar-refractivity contribution >= 4 is 11.6 Å². The highest BCUT2D eigenvalue weighted by atomic mass is 19.1. The summed E-state index contributed by atoms with van der Waals surface area (Å²) in [4.78, 5) is 22.8. The molecule has 0 saturated heterocycles. The van der Waals surface area contributed by atoms with Crippen LogP contribution in [0.15, 0.2) is 42.5 Å². The monoisotopic (exact) mass is 356 g/mol.